The first kappa shape index (κ1) is 12.2. The summed E-state index contributed by atoms with van der Waals surface area (Å²) in [5.74, 6) is -0.453. The molecule has 0 aliphatic rings. The minimum absolute atomic E-state index is 0.446. The summed E-state index contributed by atoms with van der Waals surface area (Å²) in [5, 5.41) is 10.0. The van der Waals surface area contributed by atoms with Crippen molar-refractivity contribution in [2.24, 2.45) is 0 Å². The number of aromatic nitrogens is 1. The van der Waals surface area contributed by atoms with Gasteiger partial charge in [-0.3, -0.25) is 4.98 Å². The van der Waals surface area contributed by atoms with E-state index in [0.29, 0.717) is 5.56 Å². The number of nitrogens with zero attached hydrogens (tertiary/aromatic N) is 1. The SMILES string of the molecule is OC(c1cncc(F)c1)c1cc(Br)c(Br)s1. The Kier molecular flexibility index (Phi) is 3.73. The van der Waals surface area contributed by atoms with Gasteiger partial charge in [0, 0.05) is 21.1 Å². The Hall–Kier alpha value is -0.300. The second kappa shape index (κ2) is 4.91. The van der Waals surface area contributed by atoms with Crippen LogP contribution in [0.3, 0.4) is 0 Å². The van der Waals surface area contributed by atoms with Gasteiger partial charge in [-0.1, -0.05) is 0 Å². The maximum Gasteiger partial charge on any atom is 0.141 e. The molecule has 0 aromatic carbocycles. The van der Waals surface area contributed by atoms with E-state index in [1.54, 1.807) is 6.07 Å². The smallest absolute Gasteiger partial charge is 0.141 e. The van der Waals surface area contributed by atoms with Crippen LogP contribution in [-0.2, 0) is 0 Å². The van der Waals surface area contributed by atoms with E-state index in [9.17, 15) is 9.50 Å². The average Bonchev–Trinajstić information content (AvgIpc) is 2.58. The highest BCUT2D eigenvalue weighted by molar-refractivity contribution is 9.13. The molecule has 1 N–H and O–H groups in total. The lowest BCUT2D eigenvalue weighted by molar-refractivity contribution is 0.223. The van der Waals surface area contributed by atoms with Crippen molar-refractivity contribution in [1.82, 2.24) is 4.98 Å². The summed E-state index contributed by atoms with van der Waals surface area (Å²) < 4.78 is 14.7. The van der Waals surface area contributed by atoms with Gasteiger partial charge in [-0.15, -0.1) is 11.3 Å². The molecule has 2 aromatic rings. The lowest BCUT2D eigenvalue weighted by Gasteiger charge is -2.07. The molecule has 0 saturated heterocycles. The number of rotatable bonds is 2. The van der Waals surface area contributed by atoms with Gasteiger partial charge in [-0.25, -0.2) is 4.39 Å². The molecule has 2 heterocycles. The van der Waals surface area contributed by atoms with Crippen LogP contribution < -0.4 is 0 Å². The predicted octanol–water partition coefficient (Wildman–Crippen LogP) is 3.89. The Bertz CT molecular complexity index is 498. The molecule has 1 atom stereocenters. The van der Waals surface area contributed by atoms with Gasteiger partial charge in [0.05, 0.1) is 9.98 Å². The monoisotopic (exact) mass is 365 g/mol. The van der Waals surface area contributed by atoms with Gasteiger partial charge in [-0.05, 0) is 44.0 Å². The van der Waals surface area contributed by atoms with Crippen LogP contribution in [0.1, 0.15) is 16.5 Å². The molecule has 16 heavy (non-hydrogen) atoms. The quantitative estimate of drug-likeness (QED) is 0.874. The van der Waals surface area contributed by atoms with Gasteiger partial charge in [0.1, 0.15) is 11.9 Å². The number of pyridine rings is 1. The Balaban J connectivity index is 2.35. The van der Waals surface area contributed by atoms with Crippen LogP contribution in [0.15, 0.2) is 32.8 Å². The first-order valence-corrected chi connectivity index (χ1v) is 6.71. The van der Waals surface area contributed by atoms with Crippen molar-refractivity contribution in [3.63, 3.8) is 0 Å². The summed E-state index contributed by atoms with van der Waals surface area (Å²) in [6.07, 6.45) is 1.71. The molecule has 6 heteroatoms. The van der Waals surface area contributed by atoms with E-state index >= 15 is 0 Å². The molecule has 0 bridgehead atoms. The minimum atomic E-state index is -0.851. The van der Waals surface area contributed by atoms with Crippen molar-refractivity contribution >= 4 is 43.2 Å². The number of aliphatic hydroxyl groups is 1. The van der Waals surface area contributed by atoms with E-state index in [1.807, 2.05) is 0 Å². The zero-order valence-electron chi connectivity index (χ0n) is 7.82. The number of aliphatic hydroxyl groups excluding tert-OH is 1. The van der Waals surface area contributed by atoms with Crippen LogP contribution in [0.25, 0.3) is 0 Å². The molecule has 1 unspecified atom stereocenters. The number of hydrogen-bond acceptors (Lipinski definition) is 3. The van der Waals surface area contributed by atoms with E-state index in [2.05, 4.69) is 36.8 Å². The molecule has 0 saturated carbocycles. The molecule has 84 valence electrons. The maximum absolute atomic E-state index is 12.9. The fraction of sp³-hybridized carbons (Fsp3) is 0.100. The van der Waals surface area contributed by atoms with E-state index in [-0.39, 0.29) is 0 Å². The van der Waals surface area contributed by atoms with E-state index in [0.717, 1.165) is 19.3 Å². The highest BCUT2D eigenvalue weighted by Crippen LogP contribution is 2.37. The number of hydrogen-bond donors (Lipinski definition) is 1. The molecule has 0 amide bonds. The van der Waals surface area contributed by atoms with Gasteiger partial charge in [0.25, 0.3) is 0 Å². The second-order valence-corrected chi connectivity index (χ2v) is 6.37. The third kappa shape index (κ3) is 2.51. The highest BCUT2D eigenvalue weighted by Gasteiger charge is 2.15. The molecule has 0 fully saturated rings. The van der Waals surface area contributed by atoms with Crippen molar-refractivity contribution in [3.05, 3.63) is 49.0 Å². The highest BCUT2D eigenvalue weighted by atomic mass is 79.9. The Labute approximate surface area is 112 Å². The fourth-order valence-electron chi connectivity index (χ4n) is 1.24. The van der Waals surface area contributed by atoms with E-state index < -0.39 is 11.9 Å². The van der Waals surface area contributed by atoms with Crippen molar-refractivity contribution in [2.45, 2.75) is 6.10 Å². The Morgan fingerprint density at radius 1 is 1.31 bits per heavy atom. The van der Waals surface area contributed by atoms with E-state index in [1.165, 1.54) is 23.6 Å². The average molecular weight is 367 g/mol. The van der Waals surface area contributed by atoms with Gasteiger partial charge in [0.2, 0.25) is 0 Å². The van der Waals surface area contributed by atoms with Crippen molar-refractivity contribution in [1.29, 1.82) is 0 Å². The van der Waals surface area contributed by atoms with Gasteiger partial charge in [0.15, 0.2) is 0 Å². The molecule has 0 radical (unpaired) electrons. The summed E-state index contributed by atoms with van der Waals surface area (Å²) >= 11 is 8.07. The molecule has 2 aromatic heterocycles. The normalized spacial score (nSPS) is 12.8. The minimum Gasteiger partial charge on any atom is -0.383 e. The molecule has 0 spiro atoms. The zero-order chi connectivity index (χ0) is 11.7. The Morgan fingerprint density at radius 3 is 2.62 bits per heavy atom. The topological polar surface area (TPSA) is 33.1 Å². The van der Waals surface area contributed by atoms with Crippen LogP contribution in [-0.4, -0.2) is 10.1 Å². The van der Waals surface area contributed by atoms with Crippen LogP contribution in [0, 0.1) is 5.82 Å². The van der Waals surface area contributed by atoms with Crippen molar-refractivity contribution < 1.29 is 9.50 Å². The largest absolute Gasteiger partial charge is 0.383 e. The standard InChI is InChI=1S/C10H6Br2FNOS/c11-7-2-8(16-10(7)12)9(15)5-1-6(13)4-14-3-5/h1-4,9,15H. The predicted molar refractivity (Wildman–Crippen MR) is 68.0 cm³/mol. The van der Waals surface area contributed by atoms with Gasteiger partial charge >= 0.3 is 0 Å². The molecule has 0 aliphatic heterocycles. The van der Waals surface area contributed by atoms with Crippen LogP contribution in [0.5, 0.6) is 0 Å². The summed E-state index contributed by atoms with van der Waals surface area (Å²) in [6, 6.07) is 3.07. The first-order chi connectivity index (χ1) is 7.58. The zero-order valence-corrected chi connectivity index (χ0v) is 11.8. The third-order valence-corrected chi connectivity index (χ3v) is 5.28. The molecular formula is C10H6Br2FNOS. The fourth-order valence-corrected chi connectivity index (χ4v) is 3.34. The lowest BCUT2D eigenvalue weighted by Crippen LogP contribution is -1.98. The van der Waals surface area contributed by atoms with E-state index in [4.69, 9.17) is 0 Å². The second-order valence-electron chi connectivity index (χ2n) is 3.11. The lowest BCUT2D eigenvalue weighted by atomic mass is 10.1. The number of halogens is 3. The van der Waals surface area contributed by atoms with Crippen molar-refractivity contribution in [3.8, 4) is 0 Å². The van der Waals surface area contributed by atoms with Crippen LogP contribution in [0.2, 0.25) is 0 Å². The first-order valence-electron chi connectivity index (χ1n) is 4.31. The number of thiophene rings is 1. The van der Waals surface area contributed by atoms with Crippen molar-refractivity contribution in [2.75, 3.05) is 0 Å². The van der Waals surface area contributed by atoms with Gasteiger partial charge in [-0.2, -0.15) is 0 Å². The summed E-state index contributed by atoms with van der Waals surface area (Å²) in [5.41, 5.74) is 0.446. The summed E-state index contributed by atoms with van der Waals surface area (Å²) in [6.45, 7) is 0. The van der Waals surface area contributed by atoms with Crippen LogP contribution >= 0.6 is 43.2 Å². The van der Waals surface area contributed by atoms with Gasteiger partial charge < -0.3 is 5.11 Å². The summed E-state index contributed by atoms with van der Waals surface area (Å²) in [4.78, 5) is 4.43. The molecule has 0 aliphatic carbocycles. The molecule has 2 nitrogen and oxygen atoms in total. The third-order valence-electron chi connectivity index (χ3n) is 1.98. The van der Waals surface area contributed by atoms with Crippen LogP contribution in [0.4, 0.5) is 4.39 Å². The molecular weight excluding hydrogens is 361 g/mol. The molecule has 2 rings (SSSR count). The summed E-state index contributed by atoms with van der Waals surface area (Å²) in [7, 11) is 0. The Morgan fingerprint density at radius 2 is 2.06 bits per heavy atom. The maximum atomic E-state index is 12.9.